The average molecular weight is 563 g/mol. The first-order valence-corrected chi connectivity index (χ1v) is 14.2. The van der Waals surface area contributed by atoms with Crippen molar-refractivity contribution in [3.63, 3.8) is 0 Å². The molecule has 2 aromatic rings. The van der Waals surface area contributed by atoms with E-state index < -0.39 is 56.1 Å². The van der Waals surface area contributed by atoms with Gasteiger partial charge in [0.05, 0.1) is 15.7 Å². The van der Waals surface area contributed by atoms with Crippen LogP contribution in [-0.4, -0.2) is 68.1 Å². The van der Waals surface area contributed by atoms with Crippen LogP contribution in [0.25, 0.3) is 0 Å². The number of halogens is 3. The number of aliphatic carboxylic acids is 1. The Morgan fingerprint density at radius 2 is 1.54 bits per heavy atom. The molecule has 0 saturated carbocycles. The summed E-state index contributed by atoms with van der Waals surface area (Å²) in [5, 5.41) is 9.40. The molecule has 0 spiro atoms. The highest BCUT2D eigenvalue weighted by atomic mass is 32.2. The fraction of sp³-hybridized carbons (Fsp3) is 0.435. The van der Waals surface area contributed by atoms with Crippen LogP contribution >= 0.6 is 0 Å². The predicted octanol–water partition coefficient (Wildman–Crippen LogP) is 2.86. The van der Waals surface area contributed by atoms with E-state index in [1.807, 2.05) is 0 Å². The molecule has 0 amide bonds. The Labute approximate surface area is 212 Å². The Hall–Kier alpha value is -2.68. The summed E-state index contributed by atoms with van der Waals surface area (Å²) in [5.74, 6) is -2.28. The highest BCUT2D eigenvalue weighted by molar-refractivity contribution is 7.89. The third kappa shape index (κ3) is 5.33. The van der Waals surface area contributed by atoms with Crippen molar-refractivity contribution in [1.29, 1.82) is 0 Å². The van der Waals surface area contributed by atoms with Crippen LogP contribution < -0.4 is 4.74 Å². The topological polar surface area (TPSA) is 121 Å². The van der Waals surface area contributed by atoms with E-state index in [1.165, 1.54) is 10.4 Å². The zero-order chi connectivity index (χ0) is 27.3. The van der Waals surface area contributed by atoms with Gasteiger partial charge in [-0.05, 0) is 68.1 Å². The second-order valence-electron chi connectivity index (χ2n) is 9.21. The molecule has 0 bridgehead atoms. The van der Waals surface area contributed by atoms with Crippen LogP contribution in [0.1, 0.15) is 25.0 Å². The lowest BCUT2D eigenvalue weighted by Crippen LogP contribution is -2.59. The van der Waals surface area contributed by atoms with Gasteiger partial charge in [0, 0.05) is 25.2 Å². The minimum atomic E-state index is -4.92. The molecule has 1 saturated heterocycles. The van der Waals surface area contributed by atoms with Gasteiger partial charge in [0.1, 0.15) is 5.75 Å². The fourth-order valence-corrected chi connectivity index (χ4v) is 8.73. The van der Waals surface area contributed by atoms with Gasteiger partial charge >= 0.3 is 12.3 Å². The maximum absolute atomic E-state index is 13.7. The molecule has 14 heteroatoms. The summed E-state index contributed by atoms with van der Waals surface area (Å²) in [4.78, 5) is 11.3. The molecule has 1 aliphatic carbocycles. The van der Waals surface area contributed by atoms with Crippen molar-refractivity contribution in [2.75, 3.05) is 13.1 Å². The number of alkyl halides is 3. The fourth-order valence-electron chi connectivity index (χ4n) is 5.04. The standard InChI is InChI=1S/C23H25F3N2O7S2/c1-14-12-27(36(31,32)19-8-6-18(7-9-19)35-23(24,25)26)13-15(2)28(14)37(33,34)21-5-3-4-16-10-17(22(29)30)11-20(16)21/h3-9,14-15,17H,10-13H2,1-2H3,(H,29,30)/t14-,15+,17?. The summed E-state index contributed by atoms with van der Waals surface area (Å²) < 4.78 is 97.2. The van der Waals surface area contributed by atoms with E-state index in [-0.39, 0.29) is 35.7 Å². The zero-order valence-corrected chi connectivity index (χ0v) is 21.5. The largest absolute Gasteiger partial charge is 0.573 e. The molecular weight excluding hydrogens is 537 g/mol. The molecule has 202 valence electrons. The molecule has 1 aliphatic heterocycles. The van der Waals surface area contributed by atoms with E-state index in [0.29, 0.717) is 11.1 Å². The van der Waals surface area contributed by atoms with E-state index in [4.69, 9.17) is 0 Å². The Bertz CT molecular complexity index is 1400. The average Bonchev–Trinajstić information content (AvgIpc) is 3.22. The Morgan fingerprint density at radius 1 is 0.946 bits per heavy atom. The van der Waals surface area contributed by atoms with Crippen molar-refractivity contribution in [2.45, 2.75) is 54.9 Å². The van der Waals surface area contributed by atoms with Gasteiger partial charge in [-0.25, -0.2) is 16.8 Å². The number of carbonyl (C=O) groups is 1. The Kier molecular flexibility index (Phi) is 7.07. The smallest absolute Gasteiger partial charge is 0.481 e. The summed E-state index contributed by atoms with van der Waals surface area (Å²) in [7, 11) is -8.23. The van der Waals surface area contributed by atoms with Crippen LogP contribution in [0.3, 0.4) is 0 Å². The van der Waals surface area contributed by atoms with E-state index in [9.17, 15) is 39.9 Å². The van der Waals surface area contributed by atoms with Crippen molar-refractivity contribution in [2.24, 2.45) is 5.92 Å². The number of sulfonamides is 2. The van der Waals surface area contributed by atoms with Crippen LogP contribution in [-0.2, 0) is 37.7 Å². The van der Waals surface area contributed by atoms with E-state index in [1.54, 1.807) is 26.0 Å². The number of carboxylic acid groups (broad SMARTS) is 1. The summed E-state index contributed by atoms with van der Waals surface area (Å²) in [6, 6.07) is 6.96. The monoisotopic (exact) mass is 562 g/mol. The maximum Gasteiger partial charge on any atom is 0.573 e. The van der Waals surface area contributed by atoms with E-state index >= 15 is 0 Å². The second kappa shape index (κ2) is 9.57. The van der Waals surface area contributed by atoms with Gasteiger partial charge in [-0.3, -0.25) is 4.79 Å². The maximum atomic E-state index is 13.7. The number of hydrogen-bond donors (Lipinski definition) is 1. The summed E-state index contributed by atoms with van der Waals surface area (Å²) in [5.41, 5.74) is 1.12. The molecule has 0 radical (unpaired) electrons. The second-order valence-corrected chi connectivity index (χ2v) is 13.0. The van der Waals surface area contributed by atoms with Crippen LogP contribution in [0.5, 0.6) is 5.75 Å². The molecule has 3 atom stereocenters. The molecule has 0 aromatic heterocycles. The van der Waals surface area contributed by atoms with Crippen molar-refractivity contribution in [1.82, 2.24) is 8.61 Å². The number of piperazine rings is 1. The lowest BCUT2D eigenvalue weighted by Gasteiger charge is -2.42. The number of hydrogen-bond acceptors (Lipinski definition) is 6. The third-order valence-electron chi connectivity index (χ3n) is 6.55. The molecule has 2 aliphatic rings. The number of fused-ring (bicyclic) bond motifs is 1. The van der Waals surface area contributed by atoms with Gasteiger partial charge in [0.15, 0.2) is 0 Å². The number of nitrogens with zero attached hydrogens (tertiary/aromatic N) is 2. The van der Waals surface area contributed by atoms with Crippen molar-refractivity contribution in [3.8, 4) is 5.75 Å². The first-order chi connectivity index (χ1) is 17.1. The van der Waals surface area contributed by atoms with Gasteiger partial charge in [-0.15, -0.1) is 13.2 Å². The predicted molar refractivity (Wildman–Crippen MR) is 125 cm³/mol. The van der Waals surface area contributed by atoms with Crippen molar-refractivity contribution < 1.29 is 44.6 Å². The first kappa shape index (κ1) is 27.4. The molecule has 2 aromatic carbocycles. The third-order valence-corrected chi connectivity index (χ3v) is 10.6. The molecular formula is C23H25F3N2O7S2. The molecule has 37 heavy (non-hydrogen) atoms. The highest BCUT2D eigenvalue weighted by Gasteiger charge is 2.44. The molecule has 4 rings (SSSR count). The molecule has 9 nitrogen and oxygen atoms in total. The first-order valence-electron chi connectivity index (χ1n) is 11.3. The lowest BCUT2D eigenvalue weighted by molar-refractivity contribution is -0.274. The van der Waals surface area contributed by atoms with Gasteiger partial charge < -0.3 is 9.84 Å². The Balaban J connectivity index is 1.57. The lowest BCUT2D eigenvalue weighted by atomic mass is 10.1. The summed E-state index contributed by atoms with van der Waals surface area (Å²) in [6.45, 7) is 2.78. The van der Waals surface area contributed by atoms with Crippen LogP contribution in [0.15, 0.2) is 52.3 Å². The number of ether oxygens (including phenoxy) is 1. The minimum absolute atomic E-state index is 0.0176. The van der Waals surface area contributed by atoms with Gasteiger partial charge in [-0.2, -0.15) is 8.61 Å². The van der Waals surface area contributed by atoms with Crippen LogP contribution in [0.2, 0.25) is 0 Å². The molecule has 1 unspecified atom stereocenters. The number of carboxylic acids is 1. The molecule has 1 N–H and O–H groups in total. The summed E-state index contributed by atoms with van der Waals surface area (Å²) >= 11 is 0. The van der Waals surface area contributed by atoms with E-state index in [2.05, 4.69) is 4.74 Å². The SMILES string of the molecule is C[C@@H]1CN(S(=O)(=O)c2ccc(OC(F)(F)F)cc2)C[C@H](C)N1S(=O)(=O)c1cccc2c1CC(C(=O)O)C2. The number of rotatable bonds is 6. The zero-order valence-electron chi connectivity index (χ0n) is 19.8. The van der Waals surface area contributed by atoms with E-state index in [0.717, 1.165) is 28.6 Å². The number of benzene rings is 2. The quantitative estimate of drug-likeness (QED) is 0.575. The van der Waals surface area contributed by atoms with Crippen LogP contribution in [0.4, 0.5) is 13.2 Å². The highest BCUT2D eigenvalue weighted by Crippen LogP contribution is 2.36. The Morgan fingerprint density at radius 3 is 2.08 bits per heavy atom. The van der Waals surface area contributed by atoms with Crippen molar-refractivity contribution >= 4 is 26.0 Å². The van der Waals surface area contributed by atoms with Crippen LogP contribution in [0, 0.1) is 5.92 Å². The van der Waals surface area contributed by atoms with Crippen molar-refractivity contribution in [3.05, 3.63) is 53.6 Å². The normalized spacial score (nSPS) is 23.5. The van der Waals surface area contributed by atoms with Gasteiger partial charge in [0.25, 0.3) is 0 Å². The summed E-state index contributed by atoms with van der Waals surface area (Å²) in [6.07, 6.45) is -4.59. The van der Waals surface area contributed by atoms with Gasteiger partial charge in [0.2, 0.25) is 20.0 Å². The minimum Gasteiger partial charge on any atom is -0.481 e. The molecule has 1 fully saturated rings. The molecule has 1 heterocycles. The van der Waals surface area contributed by atoms with Gasteiger partial charge in [-0.1, -0.05) is 12.1 Å².